The van der Waals surface area contributed by atoms with Gasteiger partial charge in [-0.25, -0.2) is 9.97 Å². The van der Waals surface area contributed by atoms with Crippen LogP contribution in [0.2, 0.25) is 0 Å². The third kappa shape index (κ3) is 2.98. The number of aromatic nitrogens is 4. The van der Waals surface area contributed by atoms with Crippen molar-refractivity contribution in [3.8, 4) is 11.3 Å². The van der Waals surface area contributed by atoms with E-state index in [1.54, 1.807) is 24.8 Å². The largest absolute Gasteiger partial charge is 0.291 e. The molecule has 0 unspecified atom stereocenters. The molecule has 0 fully saturated rings. The second kappa shape index (κ2) is 6.29. The van der Waals surface area contributed by atoms with Gasteiger partial charge in [-0.2, -0.15) is 5.10 Å². The molecular weight excluding hydrogens is 300 g/mol. The Balaban J connectivity index is 1.49. The zero-order valence-electron chi connectivity index (χ0n) is 12.7. The van der Waals surface area contributed by atoms with Crippen LogP contribution >= 0.6 is 0 Å². The average Bonchev–Trinajstić information content (AvgIpc) is 3.07. The number of rotatable bonds is 4. The highest BCUT2D eigenvalue weighted by atomic mass is 15.3. The summed E-state index contributed by atoms with van der Waals surface area (Å²) in [6, 6.07) is 13.6. The molecule has 0 radical (unpaired) electrons. The van der Waals surface area contributed by atoms with Gasteiger partial charge in [-0.1, -0.05) is 12.1 Å². The van der Waals surface area contributed by atoms with Crippen LogP contribution in [-0.2, 0) is 0 Å². The lowest BCUT2D eigenvalue weighted by Crippen LogP contribution is -1.90. The van der Waals surface area contributed by atoms with E-state index in [-0.39, 0.29) is 0 Å². The first-order valence-electron chi connectivity index (χ1n) is 7.48. The Labute approximate surface area is 138 Å². The standard InChI is InChI=1S/C18H14N6/c1-8-20-18-22-17(13-24(18)11-1)15-2-4-16(5-3-15)23-21-12-14-6-9-19-10-7-14/h1-13,23H. The molecule has 1 N–H and O–H groups in total. The number of imidazole rings is 1. The van der Waals surface area contributed by atoms with E-state index in [0.717, 1.165) is 22.5 Å². The summed E-state index contributed by atoms with van der Waals surface area (Å²) in [6.45, 7) is 0. The van der Waals surface area contributed by atoms with Gasteiger partial charge in [0.05, 0.1) is 17.6 Å². The first-order valence-corrected chi connectivity index (χ1v) is 7.48. The minimum Gasteiger partial charge on any atom is -0.291 e. The summed E-state index contributed by atoms with van der Waals surface area (Å²) in [4.78, 5) is 12.7. The number of hydrogen-bond acceptors (Lipinski definition) is 5. The zero-order chi connectivity index (χ0) is 16.2. The van der Waals surface area contributed by atoms with E-state index in [1.165, 1.54) is 0 Å². The summed E-state index contributed by atoms with van der Waals surface area (Å²) in [6.07, 6.45) is 10.9. The Kier molecular flexibility index (Phi) is 3.69. The molecule has 116 valence electrons. The lowest BCUT2D eigenvalue weighted by atomic mass is 10.1. The summed E-state index contributed by atoms with van der Waals surface area (Å²) in [5.41, 5.74) is 6.83. The molecule has 0 saturated heterocycles. The van der Waals surface area contributed by atoms with Gasteiger partial charge in [-0.3, -0.25) is 14.8 Å². The first-order chi connectivity index (χ1) is 11.9. The molecule has 3 heterocycles. The van der Waals surface area contributed by atoms with E-state index in [9.17, 15) is 0 Å². The van der Waals surface area contributed by atoms with E-state index in [4.69, 9.17) is 0 Å². The highest BCUT2D eigenvalue weighted by molar-refractivity contribution is 5.79. The Bertz CT molecular complexity index is 940. The topological polar surface area (TPSA) is 67.5 Å². The van der Waals surface area contributed by atoms with Crippen LogP contribution in [0.1, 0.15) is 5.56 Å². The fraction of sp³-hybridized carbons (Fsp3) is 0. The molecule has 4 rings (SSSR count). The maximum atomic E-state index is 4.51. The molecule has 0 spiro atoms. The van der Waals surface area contributed by atoms with Gasteiger partial charge in [0.15, 0.2) is 0 Å². The van der Waals surface area contributed by atoms with Gasteiger partial charge in [-0.15, -0.1) is 0 Å². The first kappa shape index (κ1) is 14.1. The molecule has 0 amide bonds. The number of hydrogen-bond donors (Lipinski definition) is 1. The van der Waals surface area contributed by atoms with E-state index in [2.05, 4.69) is 25.5 Å². The van der Waals surface area contributed by atoms with E-state index in [1.807, 2.05) is 59.3 Å². The van der Waals surface area contributed by atoms with Crippen molar-refractivity contribution in [2.75, 3.05) is 5.43 Å². The summed E-state index contributed by atoms with van der Waals surface area (Å²) in [5.74, 6) is 0.691. The Hall–Kier alpha value is -3.54. The number of pyridine rings is 1. The van der Waals surface area contributed by atoms with Crippen molar-refractivity contribution >= 4 is 17.7 Å². The van der Waals surface area contributed by atoms with Crippen molar-refractivity contribution in [3.05, 3.63) is 79.0 Å². The molecule has 0 saturated carbocycles. The Morgan fingerprint density at radius 1 is 1.00 bits per heavy atom. The summed E-state index contributed by atoms with van der Waals surface area (Å²) in [5, 5.41) is 4.22. The third-order valence-corrected chi connectivity index (χ3v) is 3.53. The van der Waals surface area contributed by atoms with Gasteiger partial charge in [0.1, 0.15) is 0 Å². The van der Waals surface area contributed by atoms with Crippen LogP contribution in [0.4, 0.5) is 5.69 Å². The summed E-state index contributed by atoms with van der Waals surface area (Å²) >= 11 is 0. The highest BCUT2D eigenvalue weighted by Crippen LogP contribution is 2.20. The molecule has 0 bridgehead atoms. The average molecular weight is 314 g/mol. The monoisotopic (exact) mass is 314 g/mol. The normalized spacial score (nSPS) is 11.2. The molecule has 3 aromatic heterocycles. The zero-order valence-corrected chi connectivity index (χ0v) is 12.7. The number of benzene rings is 1. The predicted molar refractivity (Wildman–Crippen MR) is 93.9 cm³/mol. The van der Waals surface area contributed by atoms with Crippen molar-refractivity contribution in [1.82, 2.24) is 19.4 Å². The van der Waals surface area contributed by atoms with Crippen molar-refractivity contribution < 1.29 is 0 Å². The Morgan fingerprint density at radius 2 is 1.83 bits per heavy atom. The molecule has 1 aromatic carbocycles. The van der Waals surface area contributed by atoms with Crippen LogP contribution in [0.15, 0.2) is 78.6 Å². The Morgan fingerprint density at radius 3 is 2.62 bits per heavy atom. The molecule has 0 aliphatic carbocycles. The molecule has 0 aliphatic rings. The minimum absolute atomic E-state index is 0.691. The van der Waals surface area contributed by atoms with Gasteiger partial charge in [0.25, 0.3) is 0 Å². The number of nitrogens with zero attached hydrogens (tertiary/aromatic N) is 5. The number of fused-ring (bicyclic) bond motifs is 1. The van der Waals surface area contributed by atoms with Crippen molar-refractivity contribution in [1.29, 1.82) is 0 Å². The fourth-order valence-electron chi connectivity index (χ4n) is 2.32. The second-order valence-corrected chi connectivity index (χ2v) is 5.18. The van der Waals surface area contributed by atoms with E-state index < -0.39 is 0 Å². The molecule has 0 aliphatic heterocycles. The van der Waals surface area contributed by atoms with Crippen LogP contribution in [0.25, 0.3) is 17.0 Å². The van der Waals surface area contributed by atoms with Crippen LogP contribution < -0.4 is 5.43 Å². The van der Waals surface area contributed by atoms with Gasteiger partial charge < -0.3 is 0 Å². The lowest BCUT2D eigenvalue weighted by Gasteiger charge is -2.01. The molecule has 4 aromatic rings. The van der Waals surface area contributed by atoms with Crippen LogP contribution in [0, 0.1) is 0 Å². The maximum absolute atomic E-state index is 4.51. The molecule has 24 heavy (non-hydrogen) atoms. The predicted octanol–water partition coefficient (Wildman–Crippen LogP) is 3.24. The summed E-state index contributed by atoms with van der Waals surface area (Å²) < 4.78 is 1.90. The third-order valence-electron chi connectivity index (χ3n) is 3.53. The SMILES string of the molecule is C(=NNc1ccc(-c2cn3cccnc3n2)cc1)c1ccncc1. The maximum Gasteiger partial charge on any atom is 0.234 e. The molecule has 6 nitrogen and oxygen atoms in total. The number of anilines is 1. The second-order valence-electron chi connectivity index (χ2n) is 5.18. The van der Waals surface area contributed by atoms with Crippen LogP contribution in [0.3, 0.4) is 0 Å². The molecular formula is C18H14N6. The van der Waals surface area contributed by atoms with Crippen molar-refractivity contribution in [2.45, 2.75) is 0 Å². The van der Waals surface area contributed by atoms with Crippen LogP contribution in [0.5, 0.6) is 0 Å². The van der Waals surface area contributed by atoms with Crippen molar-refractivity contribution in [3.63, 3.8) is 0 Å². The van der Waals surface area contributed by atoms with Crippen molar-refractivity contribution in [2.24, 2.45) is 5.10 Å². The van der Waals surface area contributed by atoms with E-state index >= 15 is 0 Å². The highest BCUT2D eigenvalue weighted by Gasteiger charge is 2.04. The minimum atomic E-state index is 0.691. The fourth-order valence-corrected chi connectivity index (χ4v) is 2.32. The molecule has 0 atom stereocenters. The van der Waals surface area contributed by atoms with Gasteiger partial charge in [0.2, 0.25) is 5.78 Å². The van der Waals surface area contributed by atoms with Gasteiger partial charge in [-0.05, 0) is 35.9 Å². The lowest BCUT2D eigenvalue weighted by molar-refractivity contribution is 1.11. The summed E-state index contributed by atoms with van der Waals surface area (Å²) in [7, 11) is 0. The van der Waals surface area contributed by atoms with Crippen LogP contribution in [-0.4, -0.2) is 25.6 Å². The van der Waals surface area contributed by atoms with Gasteiger partial charge >= 0.3 is 0 Å². The molecule has 6 heteroatoms. The van der Waals surface area contributed by atoms with Gasteiger partial charge in [0, 0.05) is 36.5 Å². The number of nitrogens with one attached hydrogen (secondary N) is 1. The quantitative estimate of drug-likeness (QED) is 0.464. The number of hydrazone groups is 1. The van der Waals surface area contributed by atoms with E-state index in [0.29, 0.717) is 5.78 Å². The smallest absolute Gasteiger partial charge is 0.234 e.